The Kier molecular flexibility index (Phi) is 20.9. The van der Waals surface area contributed by atoms with Crippen molar-refractivity contribution in [3.8, 4) is 0 Å². The van der Waals surface area contributed by atoms with Gasteiger partial charge in [-0.15, -0.1) is 0 Å². The van der Waals surface area contributed by atoms with Gasteiger partial charge >= 0.3 is 29.6 Å². The SMILES string of the molecule is CCCCC(CC)COCC(COS(=O)(=O)[O-])OCC(CC)CCCC.[Na+]. The third-order valence-electron chi connectivity index (χ3n) is 4.71. The maximum absolute atomic E-state index is 10.7. The molecule has 6 nitrogen and oxygen atoms in total. The Morgan fingerprint density at radius 3 is 1.78 bits per heavy atom. The van der Waals surface area contributed by atoms with Gasteiger partial charge in [-0.1, -0.05) is 66.2 Å². The monoisotopic (exact) mass is 418 g/mol. The molecule has 0 amide bonds. The molecule has 0 saturated carbocycles. The third-order valence-corrected chi connectivity index (χ3v) is 5.13. The normalized spacial score (nSPS) is 15.1. The molecule has 158 valence electrons. The zero-order chi connectivity index (χ0) is 19.8. The summed E-state index contributed by atoms with van der Waals surface area (Å²) in [6, 6.07) is 0. The Morgan fingerprint density at radius 2 is 1.33 bits per heavy atom. The smallest absolute Gasteiger partial charge is 0.726 e. The van der Waals surface area contributed by atoms with Gasteiger partial charge in [0, 0.05) is 13.2 Å². The summed E-state index contributed by atoms with van der Waals surface area (Å²) >= 11 is 0. The summed E-state index contributed by atoms with van der Waals surface area (Å²) in [6.07, 6.45) is 8.33. The zero-order valence-corrected chi connectivity index (χ0v) is 20.9. The van der Waals surface area contributed by atoms with Crippen molar-refractivity contribution in [2.45, 2.75) is 85.2 Å². The van der Waals surface area contributed by atoms with E-state index in [1.165, 1.54) is 6.42 Å². The van der Waals surface area contributed by atoms with Gasteiger partial charge in [0.1, 0.15) is 6.10 Å². The maximum atomic E-state index is 10.7. The molecular formula is C19H39NaO6S. The van der Waals surface area contributed by atoms with Crippen LogP contribution in [0, 0.1) is 11.8 Å². The standard InChI is InChI=1S/C19H40O6S.Na/c1-5-9-11-17(7-3)13-23-15-19(16-25-26(20,21)22)24-14-18(8-4)12-10-6-2;/h17-19H,5-16H2,1-4H3,(H,20,21,22);/q;+1/p-1. The Balaban J connectivity index is 0. The van der Waals surface area contributed by atoms with Crippen molar-refractivity contribution in [3.63, 3.8) is 0 Å². The predicted molar refractivity (Wildman–Crippen MR) is 103 cm³/mol. The minimum atomic E-state index is -4.72. The third kappa shape index (κ3) is 18.6. The van der Waals surface area contributed by atoms with Crippen LogP contribution in [0.25, 0.3) is 0 Å². The van der Waals surface area contributed by atoms with Crippen LogP contribution in [0.2, 0.25) is 0 Å². The topological polar surface area (TPSA) is 84.9 Å². The molecule has 0 aromatic carbocycles. The van der Waals surface area contributed by atoms with Crippen LogP contribution in [0.4, 0.5) is 0 Å². The number of hydrogen-bond acceptors (Lipinski definition) is 6. The van der Waals surface area contributed by atoms with Gasteiger partial charge in [-0.2, -0.15) is 0 Å². The summed E-state index contributed by atoms with van der Waals surface area (Å²) in [5.74, 6) is 0.918. The molecule has 0 rings (SSSR count). The van der Waals surface area contributed by atoms with Gasteiger partial charge in [-0.25, -0.2) is 8.42 Å². The number of unbranched alkanes of at least 4 members (excludes halogenated alkanes) is 2. The molecule has 27 heavy (non-hydrogen) atoms. The molecule has 0 spiro atoms. The number of rotatable bonds is 18. The van der Waals surface area contributed by atoms with Crippen LogP contribution in [0.3, 0.4) is 0 Å². The van der Waals surface area contributed by atoms with Crippen molar-refractivity contribution in [2.75, 3.05) is 26.4 Å². The Morgan fingerprint density at radius 1 is 0.815 bits per heavy atom. The molecule has 0 aromatic rings. The first-order valence-electron chi connectivity index (χ1n) is 10.2. The van der Waals surface area contributed by atoms with E-state index in [0.717, 1.165) is 44.9 Å². The molecule has 0 N–H and O–H groups in total. The van der Waals surface area contributed by atoms with Crippen molar-refractivity contribution in [1.29, 1.82) is 0 Å². The fourth-order valence-corrected chi connectivity index (χ4v) is 3.06. The molecule has 0 aliphatic rings. The van der Waals surface area contributed by atoms with Crippen LogP contribution < -0.4 is 29.6 Å². The van der Waals surface area contributed by atoms with Gasteiger partial charge in [-0.05, 0) is 24.7 Å². The molecular weight excluding hydrogens is 379 g/mol. The van der Waals surface area contributed by atoms with Crippen LogP contribution in [0.1, 0.15) is 79.1 Å². The molecule has 0 heterocycles. The van der Waals surface area contributed by atoms with Crippen LogP contribution in [0.15, 0.2) is 0 Å². The summed E-state index contributed by atoms with van der Waals surface area (Å²) in [5.41, 5.74) is 0. The van der Waals surface area contributed by atoms with Gasteiger partial charge in [0.2, 0.25) is 10.4 Å². The molecule has 0 bridgehead atoms. The molecule has 0 radical (unpaired) electrons. The fraction of sp³-hybridized carbons (Fsp3) is 1.00. The summed E-state index contributed by atoms with van der Waals surface area (Å²) < 4.78 is 48.2. The van der Waals surface area contributed by atoms with Crippen molar-refractivity contribution in [3.05, 3.63) is 0 Å². The summed E-state index contributed by atoms with van der Waals surface area (Å²) in [4.78, 5) is 0. The average molecular weight is 419 g/mol. The quantitative estimate of drug-likeness (QED) is 0.190. The minimum Gasteiger partial charge on any atom is -0.726 e. The van der Waals surface area contributed by atoms with Crippen molar-refractivity contribution >= 4 is 10.4 Å². The van der Waals surface area contributed by atoms with E-state index in [9.17, 15) is 13.0 Å². The Labute approximate surface area is 189 Å². The van der Waals surface area contributed by atoms with E-state index in [2.05, 4.69) is 31.9 Å². The van der Waals surface area contributed by atoms with Gasteiger partial charge in [0.25, 0.3) is 0 Å². The van der Waals surface area contributed by atoms with Crippen LogP contribution in [-0.2, 0) is 24.1 Å². The number of ether oxygens (including phenoxy) is 2. The van der Waals surface area contributed by atoms with E-state index < -0.39 is 16.5 Å². The first kappa shape index (κ1) is 30.0. The van der Waals surface area contributed by atoms with Gasteiger partial charge in [-0.3, -0.25) is 4.18 Å². The van der Waals surface area contributed by atoms with Gasteiger partial charge in [0.15, 0.2) is 0 Å². The second-order valence-electron chi connectivity index (χ2n) is 7.02. The van der Waals surface area contributed by atoms with Gasteiger partial charge < -0.3 is 14.0 Å². The molecule has 0 aliphatic carbocycles. The second-order valence-corrected chi connectivity index (χ2v) is 8.07. The first-order valence-corrected chi connectivity index (χ1v) is 11.5. The molecule has 0 aromatic heterocycles. The molecule has 8 heteroatoms. The predicted octanol–water partition coefficient (Wildman–Crippen LogP) is 1.30. The van der Waals surface area contributed by atoms with E-state index in [0.29, 0.717) is 25.0 Å². The summed E-state index contributed by atoms with van der Waals surface area (Å²) in [5, 5.41) is 0. The molecule has 3 unspecified atom stereocenters. The average Bonchev–Trinajstić information content (AvgIpc) is 2.61. The summed E-state index contributed by atoms with van der Waals surface area (Å²) in [6.45, 7) is 9.68. The second kappa shape index (κ2) is 18.8. The first-order chi connectivity index (χ1) is 12.4. The molecule has 0 saturated heterocycles. The summed E-state index contributed by atoms with van der Waals surface area (Å²) in [7, 11) is -4.72. The Bertz CT molecular complexity index is 418. The van der Waals surface area contributed by atoms with Crippen LogP contribution in [0.5, 0.6) is 0 Å². The van der Waals surface area contributed by atoms with Crippen molar-refractivity contribution in [2.24, 2.45) is 11.8 Å². The number of hydrogen-bond donors (Lipinski definition) is 0. The largest absolute Gasteiger partial charge is 1.00 e. The van der Waals surface area contributed by atoms with E-state index in [-0.39, 0.29) is 42.8 Å². The molecule has 0 fully saturated rings. The maximum Gasteiger partial charge on any atom is 1.00 e. The van der Waals surface area contributed by atoms with Gasteiger partial charge in [0.05, 0.1) is 13.2 Å². The minimum absolute atomic E-state index is 0. The van der Waals surface area contributed by atoms with Crippen LogP contribution >= 0.6 is 0 Å². The Hall–Kier alpha value is 0.790. The van der Waals surface area contributed by atoms with Crippen molar-refractivity contribution < 1.29 is 56.2 Å². The molecule has 3 atom stereocenters. The van der Waals surface area contributed by atoms with E-state index in [1.807, 2.05) is 0 Å². The van der Waals surface area contributed by atoms with E-state index in [4.69, 9.17) is 9.47 Å². The van der Waals surface area contributed by atoms with E-state index in [1.54, 1.807) is 0 Å². The molecule has 0 aliphatic heterocycles. The van der Waals surface area contributed by atoms with Crippen LogP contribution in [-0.4, -0.2) is 45.5 Å². The van der Waals surface area contributed by atoms with E-state index >= 15 is 0 Å². The zero-order valence-electron chi connectivity index (χ0n) is 18.1. The van der Waals surface area contributed by atoms with Crippen molar-refractivity contribution in [1.82, 2.24) is 0 Å². The fourth-order valence-electron chi connectivity index (χ4n) is 2.74.